The van der Waals surface area contributed by atoms with E-state index in [1.807, 2.05) is 30.3 Å². The number of rotatable bonds is 3. The van der Waals surface area contributed by atoms with Crippen molar-refractivity contribution < 1.29 is 9.50 Å². The lowest BCUT2D eigenvalue weighted by atomic mass is 10.1. The minimum absolute atomic E-state index is 0.0232. The fourth-order valence-electron chi connectivity index (χ4n) is 1.03. The standard InChI is InChI=1S/C10H11FO/c11-8-10(6-7-12)9-4-2-1-3-5-9/h1-5,8,12H,6-7H2/b10-8-. The number of aliphatic hydroxyl groups excluding tert-OH is 1. The van der Waals surface area contributed by atoms with E-state index >= 15 is 0 Å². The Bertz CT molecular complexity index is 254. The Kier molecular flexibility index (Phi) is 3.48. The number of aliphatic hydroxyl groups is 1. The van der Waals surface area contributed by atoms with E-state index in [0.717, 1.165) is 5.56 Å². The smallest absolute Gasteiger partial charge is 0.0905 e. The van der Waals surface area contributed by atoms with Crippen LogP contribution >= 0.6 is 0 Å². The largest absolute Gasteiger partial charge is 0.396 e. The summed E-state index contributed by atoms with van der Waals surface area (Å²) < 4.78 is 12.3. The van der Waals surface area contributed by atoms with Gasteiger partial charge in [0.1, 0.15) is 0 Å². The molecule has 0 bridgehead atoms. The van der Waals surface area contributed by atoms with Crippen LogP contribution in [0.2, 0.25) is 0 Å². The predicted molar refractivity (Wildman–Crippen MR) is 47.2 cm³/mol. The molecule has 0 saturated carbocycles. The monoisotopic (exact) mass is 166 g/mol. The van der Waals surface area contributed by atoms with Crippen LogP contribution in [0.15, 0.2) is 36.7 Å². The fraction of sp³-hybridized carbons (Fsp3) is 0.200. The van der Waals surface area contributed by atoms with E-state index in [1.54, 1.807) is 0 Å². The molecule has 0 aliphatic carbocycles. The third-order valence-corrected chi connectivity index (χ3v) is 1.66. The van der Waals surface area contributed by atoms with E-state index in [2.05, 4.69) is 0 Å². The van der Waals surface area contributed by atoms with E-state index in [4.69, 9.17) is 5.11 Å². The van der Waals surface area contributed by atoms with Gasteiger partial charge in [-0.15, -0.1) is 0 Å². The van der Waals surface area contributed by atoms with Gasteiger partial charge in [0.05, 0.1) is 6.33 Å². The van der Waals surface area contributed by atoms with Crippen molar-refractivity contribution in [2.75, 3.05) is 6.61 Å². The van der Waals surface area contributed by atoms with Gasteiger partial charge in [0.25, 0.3) is 0 Å². The van der Waals surface area contributed by atoms with E-state index < -0.39 is 0 Å². The first-order valence-corrected chi connectivity index (χ1v) is 3.84. The molecule has 1 N–H and O–H groups in total. The summed E-state index contributed by atoms with van der Waals surface area (Å²) in [6, 6.07) is 9.20. The lowest BCUT2D eigenvalue weighted by molar-refractivity contribution is 0.304. The van der Waals surface area contributed by atoms with Gasteiger partial charge in [-0.05, 0) is 17.6 Å². The highest BCUT2D eigenvalue weighted by Gasteiger charge is 1.98. The highest BCUT2D eigenvalue weighted by atomic mass is 19.1. The minimum Gasteiger partial charge on any atom is -0.396 e. The third-order valence-electron chi connectivity index (χ3n) is 1.66. The summed E-state index contributed by atoms with van der Waals surface area (Å²) in [5.41, 5.74) is 1.37. The number of hydrogen-bond acceptors (Lipinski definition) is 1. The Morgan fingerprint density at radius 3 is 2.50 bits per heavy atom. The van der Waals surface area contributed by atoms with Gasteiger partial charge in [-0.2, -0.15) is 0 Å². The molecule has 0 unspecified atom stereocenters. The van der Waals surface area contributed by atoms with Gasteiger partial charge in [-0.25, -0.2) is 4.39 Å². The summed E-state index contributed by atoms with van der Waals surface area (Å²) in [6.45, 7) is -0.0232. The van der Waals surface area contributed by atoms with Crippen molar-refractivity contribution in [1.82, 2.24) is 0 Å². The molecule has 0 spiro atoms. The van der Waals surface area contributed by atoms with Crippen LogP contribution in [0.4, 0.5) is 4.39 Å². The van der Waals surface area contributed by atoms with Crippen LogP contribution in [-0.4, -0.2) is 11.7 Å². The van der Waals surface area contributed by atoms with Crippen molar-refractivity contribution in [3.8, 4) is 0 Å². The van der Waals surface area contributed by atoms with Crippen molar-refractivity contribution in [1.29, 1.82) is 0 Å². The molecule has 0 aliphatic heterocycles. The second kappa shape index (κ2) is 4.67. The molecule has 0 fully saturated rings. The van der Waals surface area contributed by atoms with Gasteiger partial charge in [0.15, 0.2) is 0 Å². The zero-order chi connectivity index (χ0) is 8.81. The molecule has 1 aromatic rings. The average Bonchev–Trinajstić information content (AvgIpc) is 2.15. The Hall–Kier alpha value is -1.15. The zero-order valence-corrected chi connectivity index (χ0v) is 6.70. The molecule has 0 heterocycles. The quantitative estimate of drug-likeness (QED) is 0.730. The van der Waals surface area contributed by atoms with Gasteiger partial charge in [-0.3, -0.25) is 0 Å². The van der Waals surface area contributed by atoms with E-state index in [9.17, 15) is 4.39 Å². The van der Waals surface area contributed by atoms with Crippen molar-refractivity contribution >= 4 is 5.57 Å². The first-order chi connectivity index (χ1) is 5.88. The van der Waals surface area contributed by atoms with Gasteiger partial charge >= 0.3 is 0 Å². The van der Waals surface area contributed by atoms with Crippen LogP contribution in [0.25, 0.3) is 5.57 Å². The molecule has 0 aromatic heterocycles. The van der Waals surface area contributed by atoms with Crippen molar-refractivity contribution in [3.05, 3.63) is 42.2 Å². The Balaban J connectivity index is 2.82. The molecule has 2 heteroatoms. The van der Waals surface area contributed by atoms with Crippen LogP contribution < -0.4 is 0 Å². The molecule has 0 radical (unpaired) electrons. The van der Waals surface area contributed by atoms with E-state index in [1.165, 1.54) is 0 Å². The third kappa shape index (κ3) is 2.17. The molecule has 0 atom stereocenters. The molecule has 0 aliphatic rings. The molecular formula is C10H11FO. The Morgan fingerprint density at radius 1 is 1.33 bits per heavy atom. The fourth-order valence-corrected chi connectivity index (χ4v) is 1.03. The van der Waals surface area contributed by atoms with Crippen molar-refractivity contribution in [2.24, 2.45) is 0 Å². The maximum absolute atomic E-state index is 12.3. The van der Waals surface area contributed by atoms with Crippen LogP contribution in [0.5, 0.6) is 0 Å². The predicted octanol–water partition coefficient (Wildman–Crippen LogP) is 2.38. The first kappa shape index (κ1) is 8.94. The molecule has 1 aromatic carbocycles. The minimum atomic E-state index is -0.0232. The highest BCUT2D eigenvalue weighted by Crippen LogP contribution is 2.17. The number of benzene rings is 1. The van der Waals surface area contributed by atoms with Gasteiger partial charge < -0.3 is 5.11 Å². The number of halogens is 1. The van der Waals surface area contributed by atoms with Crippen molar-refractivity contribution in [2.45, 2.75) is 6.42 Å². The van der Waals surface area contributed by atoms with E-state index in [0.29, 0.717) is 18.3 Å². The van der Waals surface area contributed by atoms with Gasteiger partial charge in [-0.1, -0.05) is 30.3 Å². The molecule has 1 nitrogen and oxygen atoms in total. The zero-order valence-electron chi connectivity index (χ0n) is 6.70. The summed E-state index contributed by atoms with van der Waals surface area (Å²) in [7, 11) is 0. The SMILES string of the molecule is OCC/C(=C/F)c1ccccc1. The molecule has 0 saturated heterocycles. The summed E-state index contributed by atoms with van der Waals surface area (Å²) in [6.07, 6.45) is 0.909. The molecule has 64 valence electrons. The second-order valence-electron chi connectivity index (χ2n) is 2.47. The van der Waals surface area contributed by atoms with Gasteiger partial charge in [0, 0.05) is 6.61 Å². The summed E-state index contributed by atoms with van der Waals surface area (Å²) in [5, 5.41) is 8.62. The molecule has 1 rings (SSSR count). The normalized spacial score (nSPS) is 11.7. The topological polar surface area (TPSA) is 20.2 Å². The second-order valence-corrected chi connectivity index (χ2v) is 2.47. The van der Waals surface area contributed by atoms with Crippen LogP contribution in [0, 0.1) is 0 Å². The lowest BCUT2D eigenvalue weighted by Crippen LogP contribution is -1.87. The number of hydrogen-bond donors (Lipinski definition) is 1. The maximum Gasteiger partial charge on any atom is 0.0905 e. The Morgan fingerprint density at radius 2 is 2.00 bits per heavy atom. The lowest BCUT2D eigenvalue weighted by Gasteiger charge is -2.02. The average molecular weight is 166 g/mol. The maximum atomic E-state index is 12.3. The van der Waals surface area contributed by atoms with Crippen LogP contribution in [0.3, 0.4) is 0 Å². The first-order valence-electron chi connectivity index (χ1n) is 3.84. The van der Waals surface area contributed by atoms with Crippen LogP contribution in [-0.2, 0) is 0 Å². The summed E-state index contributed by atoms with van der Waals surface area (Å²) in [4.78, 5) is 0. The Labute approximate surface area is 71.2 Å². The summed E-state index contributed by atoms with van der Waals surface area (Å²) in [5.74, 6) is 0. The highest BCUT2D eigenvalue weighted by molar-refractivity contribution is 5.64. The van der Waals surface area contributed by atoms with Gasteiger partial charge in [0.2, 0.25) is 0 Å². The van der Waals surface area contributed by atoms with Crippen molar-refractivity contribution in [3.63, 3.8) is 0 Å². The molecule has 12 heavy (non-hydrogen) atoms. The van der Waals surface area contributed by atoms with Crippen LogP contribution in [0.1, 0.15) is 12.0 Å². The molecule has 0 amide bonds. The molecular weight excluding hydrogens is 155 g/mol. The van der Waals surface area contributed by atoms with E-state index in [-0.39, 0.29) is 6.61 Å². The summed E-state index contributed by atoms with van der Waals surface area (Å²) >= 11 is 0.